The van der Waals surface area contributed by atoms with Gasteiger partial charge in [-0.2, -0.15) is 0 Å². The van der Waals surface area contributed by atoms with Crippen molar-refractivity contribution in [2.75, 3.05) is 13.1 Å². The summed E-state index contributed by atoms with van der Waals surface area (Å²) in [5.74, 6) is -0.0322. The lowest BCUT2D eigenvalue weighted by Crippen LogP contribution is -2.26. The molecular formula is C14H20N2O3. The molecule has 0 aromatic heterocycles. The van der Waals surface area contributed by atoms with Crippen molar-refractivity contribution in [2.24, 2.45) is 0 Å². The average Bonchev–Trinajstić information content (AvgIpc) is 2.41. The SMILES string of the molecule is CC(=O)NCCCCNC(=O)OCc1ccccc1. The molecule has 0 fully saturated rings. The van der Waals surface area contributed by atoms with Crippen molar-refractivity contribution in [1.82, 2.24) is 10.6 Å². The maximum Gasteiger partial charge on any atom is 0.407 e. The van der Waals surface area contributed by atoms with Crippen LogP contribution in [0.5, 0.6) is 0 Å². The molecule has 2 amide bonds. The van der Waals surface area contributed by atoms with Crippen LogP contribution >= 0.6 is 0 Å². The molecule has 1 aromatic rings. The summed E-state index contributed by atoms with van der Waals surface area (Å²) in [5, 5.41) is 5.36. The number of alkyl carbamates (subject to hydrolysis) is 1. The van der Waals surface area contributed by atoms with E-state index >= 15 is 0 Å². The second kappa shape index (κ2) is 8.97. The third-order valence-electron chi connectivity index (χ3n) is 2.46. The largest absolute Gasteiger partial charge is 0.445 e. The highest BCUT2D eigenvalue weighted by Crippen LogP contribution is 2.00. The predicted molar refractivity (Wildman–Crippen MR) is 72.5 cm³/mol. The van der Waals surface area contributed by atoms with Gasteiger partial charge in [0.1, 0.15) is 6.61 Å². The number of carbonyl (C=O) groups is 2. The Hall–Kier alpha value is -2.04. The quantitative estimate of drug-likeness (QED) is 0.738. The van der Waals surface area contributed by atoms with E-state index in [4.69, 9.17) is 4.74 Å². The minimum absolute atomic E-state index is 0.0322. The predicted octanol–water partition coefficient (Wildman–Crippen LogP) is 1.83. The van der Waals surface area contributed by atoms with Crippen LogP contribution in [0.4, 0.5) is 4.79 Å². The summed E-state index contributed by atoms with van der Waals surface area (Å²) in [6.45, 7) is 2.95. The molecule has 0 aliphatic carbocycles. The molecule has 5 heteroatoms. The van der Waals surface area contributed by atoms with Gasteiger partial charge in [0, 0.05) is 20.0 Å². The maximum absolute atomic E-state index is 11.4. The number of nitrogens with one attached hydrogen (secondary N) is 2. The highest BCUT2D eigenvalue weighted by Gasteiger charge is 2.01. The molecule has 0 atom stereocenters. The van der Waals surface area contributed by atoms with Gasteiger partial charge in [0.25, 0.3) is 0 Å². The molecule has 2 N–H and O–H groups in total. The van der Waals surface area contributed by atoms with Crippen molar-refractivity contribution in [3.05, 3.63) is 35.9 Å². The Morgan fingerprint density at radius 2 is 1.68 bits per heavy atom. The van der Waals surface area contributed by atoms with Gasteiger partial charge in [-0.25, -0.2) is 4.79 Å². The molecule has 0 spiro atoms. The van der Waals surface area contributed by atoms with Crippen LogP contribution in [0.25, 0.3) is 0 Å². The summed E-state index contributed by atoms with van der Waals surface area (Å²) in [6, 6.07) is 9.53. The van der Waals surface area contributed by atoms with Gasteiger partial charge in [0.05, 0.1) is 0 Å². The van der Waals surface area contributed by atoms with E-state index < -0.39 is 6.09 Å². The molecule has 0 aliphatic rings. The minimum atomic E-state index is -0.414. The van der Waals surface area contributed by atoms with Crippen LogP contribution in [-0.2, 0) is 16.1 Å². The van der Waals surface area contributed by atoms with E-state index in [-0.39, 0.29) is 12.5 Å². The molecule has 0 saturated heterocycles. The fraction of sp³-hybridized carbons (Fsp3) is 0.429. The zero-order valence-electron chi connectivity index (χ0n) is 11.1. The van der Waals surface area contributed by atoms with Crippen LogP contribution in [0.2, 0.25) is 0 Å². The van der Waals surface area contributed by atoms with Crippen LogP contribution < -0.4 is 10.6 Å². The van der Waals surface area contributed by atoms with E-state index in [1.807, 2.05) is 30.3 Å². The first-order valence-corrected chi connectivity index (χ1v) is 6.37. The van der Waals surface area contributed by atoms with Gasteiger partial charge in [-0.15, -0.1) is 0 Å². The third-order valence-corrected chi connectivity index (χ3v) is 2.46. The molecule has 19 heavy (non-hydrogen) atoms. The van der Waals surface area contributed by atoms with Gasteiger partial charge in [-0.1, -0.05) is 30.3 Å². The van der Waals surface area contributed by atoms with Crippen molar-refractivity contribution in [1.29, 1.82) is 0 Å². The number of rotatable bonds is 7. The van der Waals surface area contributed by atoms with E-state index in [1.165, 1.54) is 6.92 Å². The minimum Gasteiger partial charge on any atom is -0.445 e. The van der Waals surface area contributed by atoms with Crippen molar-refractivity contribution in [2.45, 2.75) is 26.4 Å². The number of hydrogen-bond acceptors (Lipinski definition) is 3. The number of unbranched alkanes of at least 4 members (excludes halogenated alkanes) is 1. The molecule has 0 heterocycles. The monoisotopic (exact) mass is 264 g/mol. The summed E-state index contributed by atoms with van der Waals surface area (Å²) in [4.78, 5) is 22.0. The number of amides is 2. The highest BCUT2D eigenvalue weighted by molar-refractivity contribution is 5.72. The zero-order valence-corrected chi connectivity index (χ0v) is 11.1. The van der Waals surface area contributed by atoms with Gasteiger partial charge >= 0.3 is 6.09 Å². The van der Waals surface area contributed by atoms with Crippen LogP contribution in [0.1, 0.15) is 25.3 Å². The van der Waals surface area contributed by atoms with Crippen molar-refractivity contribution in [3.8, 4) is 0 Å². The van der Waals surface area contributed by atoms with E-state index in [0.29, 0.717) is 13.1 Å². The zero-order chi connectivity index (χ0) is 13.9. The molecule has 0 saturated carbocycles. The number of carbonyl (C=O) groups excluding carboxylic acids is 2. The van der Waals surface area contributed by atoms with Gasteiger partial charge < -0.3 is 15.4 Å². The Morgan fingerprint density at radius 1 is 1.05 bits per heavy atom. The molecule has 0 aliphatic heterocycles. The summed E-state index contributed by atoms with van der Waals surface area (Å²) in [5.41, 5.74) is 0.961. The Morgan fingerprint density at radius 3 is 2.32 bits per heavy atom. The molecule has 1 rings (SSSR count). The second-order valence-electron chi connectivity index (χ2n) is 4.18. The first kappa shape index (κ1) is 15.0. The van der Waals surface area contributed by atoms with Crippen LogP contribution in [0, 0.1) is 0 Å². The second-order valence-corrected chi connectivity index (χ2v) is 4.18. The van der Waals surface area contributed by atoms with Gasteiger partial charge in [-0.3, -0.25) is 4.79 Å². The molecule has 5 nitrogen and oxygen atoms in total. The lowest BCUT2D eigenvalue weighted by atomic mass is 10.2. The molecule has 0 bridgehead atoms. The highest BCUT2D eigenvalue weighted by atomic mass is 16.5. The number of hydrogen-bond donors (Lipinski definition) is 2. The van der Waals surface area contributed by atoms with Gasteiger partial charge in [0.2, 0.25) is 5.91 Å². The smallest absolute Gasteiger partial charge is 0.407 e. The van der Waals surface area contributed by atoms with Crippen molar-refractivity contribution < 1.29 is 14.3 Å². The van der Waals surface area contributed by atoms with Crippen LogP contribution in [-0.4, -0.2) is 25.1 Å². The molecular weight excluding hydrogens is 244 g/mol. The number of benzene rings is 1. The lowest BCUT2D eigenvalue weighted by Gasteiger charge is -2.07. The summed E-state index contributed by atoms with van der Waals surface area (Å²) < 4.78 is 5.05. The fourth-order valence-electron chi connectivity index (χ4n) is 1.48. The van der Waals surface area contributed by atoms with E-state index in [2.05, 4.69) is 10.6 Å². The summed E-state index contributed by atoms with van der Waals surface area (Å²) >= 11 is 0. The molecule has 104 valence electrons. The maximum atomic E-state index is 11.4. The first-order chi connectivity index (χ1) is 9.18. The Bertz CT molecular complexity index is 393. The van der Waals surface area contributed by atoms with Crippen LogP contribution in [0.15, 0.2) is 30.3 Å². The van der Waals surface area contributed by atoms with Crippen molar-refractivity contribution >= 4 is 12.0 Å². The lowest BCUT2D eigenvalue weighted by molar-refractivity contribution is -0.118. The van der Waals surface area contributed by atoms with Gasteiger partial charge in [-0.05, 0) is 18.4 Å². The molecule has 0 radical (unpaired) electrons. The Labute approximate surface area is 113 Å². The van der Waals surface area contributed by atoms with Crippen molar-refractivity contribution in [3.63, 3.8) is 0 Å². The standard InChI is InChI=1S/C14H20N2O3/c1-12(17)15-9-5-6-10-16-14(18)19-11-13-7-3-2-4-8-13/h2-4,7-8H,5-6,9-11H2,1H3,(H,15,17)(H,16,18). The topological polar surface area (TPSA) is 67.4 Å². The normalized spacial score (nSPS) is 9.74. The number of ether oxygens (including phenoxy) is 1. The summed E-state index contributed by atoms with van der Waals surface area (Å²) in [6.07, 6.45) is 1.22. The van der Waals surface area contributed by atoms with E-state index in [0.717, 1.165) is 18.4 Å². The van der Waals surface area contributed by atoms with E-state index in [1.54, 1.807) is 0 Å². The average molecular weight is 264 g/mol. The first-order valence-electron chi connectivity index (χ1n) is 6.37. The third kappa shape index (κ3) is 7.81. The van der Waals surface area contributed by atoms with Crippen LogP contribution in [0.3, 0.4) is 0 Å². The molecule has 1 aromatic carbocycles. The molecule has 0 unspecified atom stereocenters. The Kier molecular flexibility index (Phi) is 7.09. The fourth-order valence-corrected chi connectivity index (χ4v) is 1.48. The van der Waals surface area contributed by atoms with E-state index in [9.17, 15) is 9.59 Å². The van der Waals surface area contributed by atoms with Gasteiger partial charge in [0.15, 0.2) is 0 Å². The Balaban J connectivity index is 2.01. The summed E-state index contributed by atoms with van der Waals surface area (Å²) in [7, 11) is 0.